The van der Waals surface area contributed by atoms with Crippen LogP contribution in [0.25, 0.3) is 0 Å². The molecule has 0 rings (SSSR count). The summed E-state index contributed by atoms with van der Waals surface area (Å²) in [6.45, 7) is 4.59. The molecule has 0 aromatic rings. The largest absolute Gasteiger partial charge is 0.190 e. The van der Waals surface area contributed by atoms with Crippen molar-refractivity contribution < 1.29 is 0 Å². The first kappa shape index (κ1) is 12.1. The van der Waals surface area contributed by atoms with Crippen LogP contribution in [0.4, 0.5) is 0 Å². The smallest absolute Gasteiger partial charge is 0.0146 e. The molecule has 0 saturated heterocycles. The minimum absolute atomic E-state index is 0.230. The van der Waals surface area contributed by atoms with E-state index in [0.717, 1.165) is 0 Å². The Morgan fingerprint density at radius 1 is 1.09 bits per heavy atom. The predicted octanol–water partition coefficient (Wildman–Crippen LogP) is 4.37. The average Bonchev–Trinajstić information content (AvgIpc) is 1.99. The maximum atomic E-state index is 2.67. The number of halogens is 1. The van der Waals surface area contributed by atoms with Crippen LogP contribution in [0.1, 0.15) is 39.5 Å². The quantitative estimate of drug-likeness (QED) is 0.503. The lowest BCUT2D eigenvalue weighted by atomic mass is 10.2. The minimum atomic E-state index is -0.230. The third kappa shape index (κ3) is 7.44. The van der Waals surface area contributed by atoms with Gasteiger partial charge in [-0.3, -0.25) is 0 Å². The average molecular weight is 288 g/mol. The summed E-state index contributed by atoms with van der Waals surface area (Å²) in [5.74, 6) is 2.86. The normalized spacial score (nSPS) is 19.3. The third-order valence-electron chi connectivity index (χ3n) is 2.03. The van der Waals surface area contributed by atoms with Crippen LogP contribution >= 0.6 is 28.4 Å². The third-order valence-corrected chi connectivity index (χ3v) is 7.56. The molecule has 0 N–H and O–H groups in total. The van der Waals surface area contributed by atoms with E-state index in [4.69, 9.17) is 0 Å². The van der Waals surface area contributed by atoms with Crippen LogP contribution in [0, 0.1) is 0 Å². The molecule has 0 aliphatic rings. The summed E-state index contributed by atoms with van der Waals surface area (Å²) in [5, 5.41) is 0. The molecule has 0 aromatic carbocycles. The summed E-state index contributed by atoms with van der Waals surface area (Å²) in [7, 11) is -0.230. The molecule has 0 saturated carbocycles. The molecule has 0 spiro atoms. The van der Waals surface area contributed by atoms with E-state index in [-0.39, 0.29) is 7.20 Å². The van der Waals surface area contributed by atoms with Gasteiger partial charge in [0.25, 0.3) is 0 Å². The van der Waals surface area contributed by atoms with Gasteiger partial charge < -0.3 is 0 Å². The first-order valence-electron chi connectivity index (χ1n) is 4.55. The van der Waals surface area contributed by atoms with Crippen LogP contribution in [0.5, 0.6) is 0 Å². The zero-order valence-corrected chi connectivity index (χ0v) is 11.0. The van der Waals surface area contributed by atoms with Gasteiger partial charge in [0.15, 0.2) is 0 Å². The fraction of sp³-hybridized carbons (Fsp3) is 1.00. The van der Waals surface area contributed by atoms with Crippen LogP contribution in [0.15, 0.2) is 0 Å². The molecule has 0 amide bonds. The van der Waals surface area contributed by atoms with E-state index >= 15 is 0 Å². The van der Waals surface area contributed by atoms with Gasteiger partial charge in [0.2, 0.25) is 0 Å². The maximum Gasteiger partial charge on any atom is -0.0146 e. The van der Waals surface area contributed by atoms with Crippen LogP contribution in [0.2, 0.25) is 0 Å². The SMILES string of the molecule is CCCCCCS(C)(I)CC. The first-order chi connectivity index (χ1) is 5.12. The summed E-state index contributed by atoms with van der Waals surface area (Å²) in [5.41, 5.74) is 0. The van der Waals surface area contributed by atoms with Gasteiger partial charge in [-0.25, -0.2) is 0 Å². The van der Waals surface area contributed by atoms with Crippen LogP contribution in [0.3, 0.4) is 0 Å². The highest BCUT2D eigenvalue weighted by Crippen LogP contribution is 2.52. The molecule has 0 nitrogen and oxygen atoms in total. The van der Waals surface area contributed by atoms with Gasteiger partial charge in [-0.2, -0.15) is 7.20 Å². The molecule has 1 unspecified atom stereocenters. The van der Waals surface area contributed by atoms with Gasteiger partial charge >= 0.3 is 0 Å². The first-order valence-corrected chi connectivity index (χ1v) is 9.48. The van der Waals surface area contributed by atoms with Gasteiger partial charge in [-0.05, 0) is 45.4 Å². The Morgan fingerprint density at radius 3 is 2.18 bits per heavy atom. The molecule has 0 fully saturated rings. The van der Waals surface area contributed by atoms with E-state index in [2.05, 4.69) is 41.3 Å². The standard InChI is InChI=1S/C9H21IS/c1-4-6-7-8-9-11(3,10)5-2/h4-9H2,1-3H3. The molecule has 0 radical (unpaired) electrons. The second kappa shape index (κ2) is 6.58. The van der Waals surface area contributed by atoms with Crippen molar-refractivity contribution in [3.8, 4) is 0 Å². The van der Waals surface area contributed by atoms with Crippen LogP contribution < -0.4 is 0 Å². The van der Waals surface area contributed by atoms with E-state index in [1.807, 2.05) is 0 Å². The summed E-state index contributed by atoms with van der Waals surface area (Å²) in [6.07, 6.45) is 8.13. The predicted molar refractivity (Wildman–Crippen MR) is 67.1 cm³/mol. The fourth-order valence-electron chi connectivity index (χ4n) is 0.974. The Labute approximate surface area is 85.4 Å². The summed E-state index contributed by atoms with van der Waals surface area (Å²) in [4.78, 5) is 0. The minimum Gasteiger partial charge on any atom is -0.190 e. The summed E-state index contributed by atoms with van der Waals surface area (Å²) < 4.78 is 0. The van der Waals surface area contributed by atoms with E-state index < -0.39 is 0 Å². The fourth-order valence-corrected chi connectivity index (χ4v) is 3.00. The Bertz CT molecular complexity index is 91.6. The number of unbranched alkanes of at least 4 members (excludes halogenated alkanes) is 3. The zero-order valence-electron chi connectivity index (χ0n) is 8.03. The zero-order chi connectivity index (χ0) is 8.74. The van der Waals surface area contributed by atoms with Crippen molar-refractivity contribution in [1.82, 2.24) is 0 Å². The molecule has 0 aliphatic heterocycles. The summed E-state index contributed by atoms with van der Waals surface area (Å²) in [6, 6.07) is 0. The second-order valence-corrected chi connectivity index (χ2v) is 12.9. The Balaban J connectivity index is 3.23. The number of hydrogen-bond donors (Lipinski definition) is 0. The van der Waals surface area contributed by atoms with Crippen molar-refractivity contribution in [3.05, 3.63) is 0 Å². The highest BCUT2D eigenvalue weighted by Gasteiger charge is 2.09. The Hall–Kier alpha value is 1.08. The van der Waals surface area contributed by atoms with E-state index in [0.29, 0.717) is 0 Å². The van der Waals surface area contributed by atoms with Gasteiger partial charge in [0.1, 0.15) is 0 Å². The highest BCUT2D eigenvalue weighted by atomic mass is 127. The highest BCUT2D eigenvalue weighted by molar-refractivity contribution is 14.2. The van der Waals surface area contributed by atoms with Gasteiger partial charge in [-0.1, -0.05) is 33.1 Å². The monoisotopic (exact) mass is 288 g/mol. The van der Waals surface area contributed by atoms with Crippen molar-refractivity contribution in [3.63, 3.8) is 0 Å². The van der Waals surface area contributed by atoms with Gasteiger partial charge in [0, 0.05) is 0 Å². The van der Waals surface area contributed by atoms with E-state index in [1.54, 1.807) is 0 Å². The molecule has 0 bridgehead atoms. The van der Waals surface area contributed by atoms with Crippen LogP contribution in [-0.4, -0.2) is 17.8 Å². The van der Waals surface area contributed by atoms with Gasteiger partial charge in [0.05, 0.1) is 0 Å². The molecular formula is C9H21IS. The van der Waals surface area contributed by atoms with Crippen molar-refractivity contribution in [2.75, 3.05) is 17.8 Å². The lowest BCUT2D eigenvalue weighted by Gasteiger charge is -2.26. The molecule has 2 heteroatoms. The Morgan fingerprint density at radius 2 is 1.73 bits per heavy atom. The van der Waals surface area contributed by atoms with Gasteiger partial charge in [-0.15, -0.1) is 0 Å². The van der Waals surface area contributed by atoms with Crippen molar-refractivity contribution in [2.45, 2.75) is 39.5 Å². The molecule has 0 heterocycles. The lowest BCUT2D eigenvalue weighted by Crippen LogP contribution is -1.97. The topological polar surface area (TPSA) is 0 Å². The second-order valence-electron chi connectivity index (χ2n) is 3.21. The molecule has 0 aliphatic carbocycles. The number of hydrogen-bond acceptors (Lipinski definition) is 0. The van der Waals surface area contributed by atoms with E-state index in [9.17, 15) is 0 Å². The maximum absolute atomic E-state index is 2.67. The summed E-state index contributed by atoms with van der Waals surface area (Å²) >= 11 is 2.67. The molecular weight excluding hydrogens is 267 g/mol. The van der Waals surface area contributed by atoms with E-state index in [1.165, 1.54) is 37.2 Å². The molecule has 70 valence electrons. The number of rotatable bonds is 6. The lowest BCUT2D eigenvalue weighted by molar-refractivity contribution is 0.706. The Kier molecular flexibility index (Phi) is 7.23. The van der Waals surface area contributed by atoms with Crippen molar-refractivity contribution in [1.29, 1.82) is 0 Å². The van der Waals surface area contributed by atoms with Crippen molar-refractivity contribution >= 4 is 28.4 Å². The van der Waals surface area contributed by atoms with Crippen LogP contribution in [-0.2, 0) is 0 Å². The molecule has 11 heavy (non-hydrogen) atoms. The molecule has 1 atom stereocenters. The van der Waals surface area contributed by atoms with Crippen molar-refractivity contribution in [2.24, 2.45) is 0 Å². The molecule has 0 aromatic heterocycles.